The van der Waals surface area contributed by atoms with E-state index in [1.807, 2.05) is 30.5 Å². The zero-order valence-electron chi connectivity index (χ0n) is 14.8. The third-order valence-corrected chi connectivity index (χ3v) is 4.44. The van der Waals surface area contributed by atoms with E-state index in [9.17, 15) is 0 Å². The van der Waals surface area contributed by atoms with Gasteiger partial charge in [-0.05, 0) is 24.6 Å². The molecule has 132 valence electrons. The van der Waals surface area contributed by atoms with Gasteiger partial charge in [0.15, 0.2) is 5.82 Å². The third kappa shape index (κ3) is 3.18. The number of aromatic nitrogens is 4. The number of unbranched alkanes of at least 4 members (excludes halogenated alkanes) is 1. The molecule has 1 aromatic carbocycles. The van der Waals surface area contributed by atoms with Crippen LogP contribution in [0.2, 0.25) is 0 Å². The Kier molecular flexibility index (Phi) is 4.39. The second-order valence-electron chi connectivity index (χ2n) is 6.38. The first-order valence-corrected chi connectivity index (χ1v) is 8.95. The highest BCUT2D eigenvalue weighted by molar-refractivity contribution is 5.87. The van der Waals surface area contributed by atoms with Gasteiger partial charge in [-0.2, -0.15) is 4.98 Å². The van der Waals surface area contributed by atoms with Gasteiger partial charge < -0.3 is 15.6 Å². The van der Waals surface area contributed by atoms with Gasteiger partial charge in [0.2, 0.25) is 5.95 Å². The number of nitrogens with two attached hydrogens (primary N) is 1. The first-order valence-electron chi connectivity index (χ1n) is 8.95. The van der Waals surface area contributed by atoms with Gasteiger partial charge in [0, 0.05) is 18.1 Å². The highest BCUT2D eigenvalue weighted by Gasteiger charge is 2.12. The van der Waals surface area contributed by atoms with E-state index in [4.69, 9.17) is 10.7 Å². The van der Waals surface area contributed by atoms with Crippen molar-refractivity contribution in [2.24, 2.45) is 0 Å². The van der Waals surface area contributed by atoms with Crippen LogP contribution in [-0.2, 0) is 6.54 Å². The summed E-state index contributed by atoms with van der Waals surface area (Å²) in [5.41, 5.74) is 9.68. The van der Waals surface area contributed by atoms with Crippen LogP contribution in [0.15, 0.2) is 48.7 Å². The topological polar surface area (TPSA) is 81.6 Å². The first-order chi connectivity index (χ1) is 12.7. The van der Waals surface area contributed by atoms with Gasteiger partial charge in [-0.1, -0.05) is 37.6 Å². The third-order valence-electron chi connectivity index (χ3n) is 4.44. The van der Waals surface area contributed by atoms with Crippen LogP contribution in [0.1, 0.15) is 25.5 Å². The SMILES string of the molecule is CCCCNc1nc(N)nc2ccn(Cc3ccc4ccccc4n3)c12. The Morgan fingerprint density at radius 1 is 1.00 bits per heavy atom. The van der Waals surface area contributed by atoms with Gasteiger partial charge in [0.1, 0.15) is 5.52 Å². The summed E-state index contributed by atoms with van der Waals surface area (Å²) in [5.74, 6) is 1.07. The molecule has 0 fully saturated rings. The minimum atomic E-state index is 0.290. The monoisotopic (exact) mass is 346 g/mol. The van der Waals surface area contributed by atoms with E-state index >= 15 is 0 Å². The predicted octanol–water partition coefficient (Wildman–Crippen LogP) is 3.82. The molecular formula is C20H22N6. The van der Waals surface area contributed by atoms with Gasteiger partial charge in [-0.25, -0.2) is 4.98 Å². The maximum absolute atomic E-state index is 5.87. The van der Waals surface area contributed by atoms with Crippen LogP contribution in [0.5, 0.6) is 0 Å². The smallest absolute Gasteiger partial charge is 0.222 e. The standard InChI is InChI=1S/C20H22N6/c1-2-3-11-22-19-18-17(24-20(21)25-19)10-12-26(18)13-15-9-8-14-6-4-5-7-16(14)23-15/h4-10,12H,2-3,11,13H2,1H3,(H3,21,22,24,25). The predicted molar refractivity (Wildman–Crippen MR) is 106 cm³/mol. The van der Waals surface area contributed by atoms with Crippen molar-refractivity contribution in [2.45, 2.75) is 26.3 Å². The number of rotatable bonds is 6. The molecule has 3 aromatic heterocycles. The average molecular weight is 346 g/mol. The molecule has 0 radical (unpaired) electrons. The number of para-hydroxylation sites is 1. The highest BCUT2D eigenvalue weighted by Crippen LogP contribution is 2.24. The number of benzene rings is 1. The van der Waals surface area contributed by atoms with Gasteiger partial charge in [-0.15, -0.1) is 0 Å². The average Bonchev–Trinajstić information content (AvgIpc) is 3.04. The van der Waals surface area contributed by atoms with Crippen molar-refractivity contribution in [3.8, 4) is 0 Å². The number of nitrogens with zero attached hydrogens (tertiary/aromatic N) is 4. The molecule has 6 heteroatoms. The molecule has 0 unspecified atom stereocenters. The molecule has 6 nitrogen and oxygen atoms in total. The maximum Gasteiger partial charge on any atom is 0.222 e. The second kappa shape index (κ2) is 7.00. The molecule has 0 aliphatic carbocycles. The molecule has 0 saturated carbocycles. The van der Waals surface area contributed by atoms with E-state index in [0.717, 1.165) is 52.8 Å². The molecule has 3 N–H and O–H groups in total. The molecule has 4 aromatic rings. The van der Waals surface area contributed by atoms with E-state index in [0.29, 0.717) is 6.54 Å². The van der Waals surface area contributed by atoms with Crippen molar-refractivity contribution in [1.82, 2.24) is 19.5 Å². The van der Waals surface area contributed by atoms with Crippen molar-refractivity contribution in [1.29, 1.82) is 0 Å². The lowest BCUT2D eigenvalue weighted by Gasteiger charge is -2.11. The quantitative estimate of drug-likeness (QED) is 0.519. The Labute approximate surface area is 152 Å². The zero-order valence-corrected chi connectivity index (χ0v) is 14.8. The minimum Gasteiger partial charge on any atom is -0.368 e. The van der Waals surface area contributed by atoms with Gasteiger partial charge in [0.25, 0.3) is 0 Å². The maximum atomic E-state index is 5.87. The van der Waals surface area contributed by atoms with Crippen LogP contribution < -0.4 is 11.1 Å². The number of nitrogen functional groups attached to an aromatic ring is 1. The van der Waals surface area contributed by atoms with Crippen LogP contribution in [0.25, 0.3) is 21.9 Å². The fourth-order valence-electron chi connectivity index (χ4n) is 3.13. The van der Waals surface area contributed by atoms with Crippen LogP contribution >= 0.6 is 0 Å². The molecule has 0 spiro atoms. The lowest BCUT2D eigenvalue weighted by Crippen LogP contribution is -2.09. The Morgan fingerprint density at radius 2 is 1.88 bits per heavy atom. The van der Waals surface area contributed by atoms with E-state index in [-0.39, 0.29) is 5.95 Å². The summed E-state index contributed by atoms with van der Waals surface area (Å²) >= 11 is 0. The minimum absolute atomic E-state index is 0.290. The number of anilines is 2. The fourth-order valence-corrected chi connectivity index (χ4v) is 3.13. The van der Waals surface area contributed by atoms with Crippen LogP contribution in [0.3, 0.4) is 0 Å². The van der Waals surface area contributed by atoms with Crippen LogP contribution in [0, 0.1) is 0 Å². The molecule has 0 aliphatic rings. The van der Waals surface area contributed by atoms with Crippen molar-refractivity contribution in [3.63, 3.8) is 0 Å². The molecule has 0 saturated heterocycles. The number of hydrogen-bond donors (Lipinski definition) is 2. The molecule has 26 heavy (non-hydrogen) atoms. The summed E-state index contributed by atoms with van der Waals surface area (Å²) in [7, 11) is 0. The summed E-state index contributed by atoms with van der Waals surface area (Å²) in [4.78, 5) is 13.5. The molecule has 0 bridgehead atoms. The second-order valence-corrected chi connectivity index (χ2v) is 6.38. The van der Waals surface area contributed by atoms with E-state index < -0.39 is 0 Å². The molecule has 0 atom stereocenters. The fraction of sp³-hybridized carbons (Fsp3) is 0.250. The molecule has 0 aliphatic heterocycles. The van der Waals surface area contributed by atoms with Gasteiger partial charge in [0.05, 0.1) is 23.3 Å². The Bertz CT molecular complexity index is 1050. The lowest BCUT2D eigenvalue weighted by atomic mass is 10.2. The van der Waals surface area contributed by atoms with E-state index in [1.54, 1.807) is 0 Å². The highest BCUT2D eigenvalue weighted by atomic mass is 15.1. The van der Waals surface area contributed by atoms with E-state index in [1.165, 1.54) is 0 Å². The number of fused-ring (bicyclic) bond motifs is 2. The molecule has 0 amide bonds. The van der Waals surface area contributed by atoms with Crippen molar-refractivity contribution in [2.75, 3.05) is 17.6 Å². The number of nitrogens with one attached hydrogen (secondary N) is 1. The number of pyridine rings is 1. The van der Waals surface area contributed by atoms with Gasteiger partial charge >= 0.3 is 0 Å². The van der Waals surface area contributed by atoms with Crippen LogP contribution in [0.4, 0.5) is 11.8 Å². The summed E-state index contributed by atoms with van der Waals surface area (Å²) in [6.07, 6.45) is 4.22. The Balaban J connectivity index is 1.71. The summed E-state index contributed by atoms with van der Waals surface area (Å²) in [6.45, 7) is 3.69. The Hall–Kier alpha value is -3.15. The number of hydrogen-bond acceptors (Lipinski definition) is 5. The molecular weight excluding hydrogens is 324 g/mol. The zero-order chi connectivity index (χ0) is 17.9. The molecule has 4 rings (SSSR count). The van der Waals surface area contributed by atoms with Crippen molar-refractivity contribution < 1.29 is 0 Å². The molecule has 3 heterocycles. The lowest BCUT2D eigenvalue weighted by molar-refractivity contribution is 0.805. The summed E-state index contributed by atoms with van der Waals surface area (Å²) < 4.78 is 2.13. The van der Waals surface area contributed by atoms with E-state index in [2.05, 4.69) is 45.0 Å². The van der Waals surface area contributed by atoms with Crippen molar-refractivity contribution in [3.05, 3.63) is 54.4 Å². The summed E-state index contributed by atoms with van der Waals surface area (Å²) in [6, 6.07) is 14.3. The van der Waals surface area contributed by atoms with Crippen molar-refractivity contribution >= 4 is 33.7 Å². The first kappa shape index (κ1) is 16.3. The van der Waals surface area contributed by atoms with Crippen LogP contribution in [-0.4, -0.2) is 26.1 Å². The Morgan fingerprint density at radius 3 is 2.77 bits per heavy atom. The summed E-state index contributed by atoms with van der Waals surface area (Å²) in [5, 5.41) is 4.54. The normalized spacial score (nSPS) is 11.3. The van der Waals surface area contributed by atoms with Gasteiger partial charge in [-0.3, -0.25) is 4.98 Å². The largest absolute Gasteiger partial charge is 0.368 e.